The molecular formula is C16H13ClFN3O. The van der Waals surface area contributed by atoms with Gasteiger partial charge in [-0.1, -0.05) is 17.7 Å². The minimum absolute atomic E-state index is 0.0746. The third kappa shape index (κ3) is 3.20. The van der Waals surface area contributed by atoms with Gasteiger partial charge < -0.3 is 15.5 Å². The predicted molar refractivity (Wildman–Crippen MR) is 85.1 cm³/mol. The Morgan fingerprint density at radius 2 is 2.09 bits per heavy atom. The van der Waals surface area contributed by atoms with Crippen LogP contribution in [0.2, 0.25) is 5.02 Å². The summed E-state index contributed by atoms with van der Waals surface area (Å²) in [6.07, 6.45) is 1.57. The first-order valence-corrected chi connectivity index (χ1v) is 6.99. The summed E-state index contributed by atoms with van der Waals surface area (Å²) in [7, 11) is 0. The van der Waals surface area contributed by atoms with Crippen LogP contribution in [0.1, 0.15) is 5.69 Å². The maximum Gasteiger partial charge on any atom is 0.226 e. The summed E-state index contributed by atoms with van der Waals surface area (Å²) in [5.74, 6) is 0.0545. The zero-order valence-corrected chi connectivity index (χ0v) is 12.3. The molecule has 0 spiro atoms. The molecule has 0 radical (unpaired) electrons. The van der Waals surface area contributed by atoms with E-state index < -0.39 is 5.82 Å². The van der Waals surface area contributed by atoms with Crippen LogP contribution >= 0.6 is 11.6 Å². The lowest BCUT2D eigenvalue weighted by Crippen LogP contribution is -1.99. The molecule has 2 aromatic carbocycles. The van der Waals surface area contributed by atoms with E-state index in [4.69, 9.17) is 21.8 Å². The van der Waals surface area contributed by atoms with Gasteiger partial charge in [0, 0.05) is 16.9 Å². The highest BCUT2D eigenvalue weighted by atomic mass is 35.5. The van der Waals surface area contributed by atoms with E-state index in [1.165, 1.54) is 12.1 Å². The Bertz CT molecular complexity index is 804. The number of hydrogen-bond acceptors (Lipinski definition) is 4. The number of nitrogen functional groups attached to an aromatic ring is 1. The molecule has 1 heterocycles. The molecule has 0 amide bonds. The van der Waals surface area contributed by atoms with Crippen LogP contribution in [-0.4, -0.2) is 4.98 Å². The fraction of sp³-hybridized carbons (Fsp3) is 0.0625. The van der Waals surface area contributed by atoms with Gasteiger partial charge in [0.05, 0.1) is 17.3 Å². The van der Waals surface area contributed by atoms with Crippen LogP contribution in [0.4, 0.5) is 15.8 Å². The Balaban J connectivity index is 1.70. The van der Waals surface area contributed by atoms with E-state index in [0.717, 1.165) is 11.3 Å². The number of nitrogens with two attached hydrogens (primary N) is 1. The van der Waals surface area contributed by atoms with Crippen molar-refractivity contribution in [1.29, 1.82) is 0 Å². The van der Waals surface area contributed by atoms with E-state index in [-0.39, 0.29) is 5.02 Å². The molecule has 3 N–H and O–H groups in total. The van der Waals surface area contributed by atoms with Crippen LogP contribution in [0, 0.1) is 5.82 Å². The van der Waals surface area contributed by atoms with Gasteiger partial charge in [-0.15, -0.1) is 0 Å². The van der Waals surface area contributed by atoms with Crippen molar-refractivity contribution in [2.45, 2.75) is 6.54 Å². The minimum Gasteiger partial charge on any atom is -0.444 e. The summed E-state index contributed by atoms with van der Waals surface area (Å²) >= 11 is 5.73. The van der Waals surface area contributed by atoms with Crippen molar-refractivity contribution >= 4 is 23.0 Å². The molecule has 0 bridgehead atoms. The predicted octanol–water partition coefficient (Wildman–Crippen LogP) is 4.33. The van der Waals surface area contributed by atoms with E-state index in [2.05, 4.69) is 10.3 Å². The van der Waals surface area contributed by atoms with Crippen LogP contribution in [0.15, 0.2) is 53.1 Å². The molecule has 6 heteroatoms. The Kier molecular flexibility index (Phi) is 3.98. The lowest BCUT2D eigenvalue weighted by molar-refractivity contribution is 0.573. The van der Waals surface area contributed by atoms with Gasteiger partial charge in [0.1, 0.15) is 12.1 Å². The summed E-state index contributed by atoms with van der Waals surface area (Å²) in [6, 6.07) is 11.8. The van der Waals surface area contributed by atoms with Gasteiger partial charge in [0.25, 0.3) is 0 Å². The number of hydrogen-bond donors (Lipinski definition) is 2. The number of aromatic nitrogens is 1. The van der Waals surface area contributed by atoms with Crippen molar-refractivity contribution in [3.05, 3.63) is 65.3 Å². The van der Waals surface area contributed by atoms with E-state index in [0.29, 0.717) is 23.8 Å². The number of benzene rings is 2. The van der Waals surface area contributed by atoms with Crippen molar-refractivity contribution in [2.75, 3.05) is 11.1 Å². The minimum atomic E-state index is -0.447. The molecule has 0 saturated heterocycles. The third-order valence-electron chi connectivity index (χ3n) is 3.08. The second-order valence-corrected chi connectivity index (χ2v) is 5.16. The summed E-state index contributed by atoms with van der Waals surface area (Å²) in [5, 5.41) is 3.18. The highest BCUT2D eigenvalue weighted by molar-refractivity contribution is 6.31. The fourth-order valence-corrected chi connectivity index (χ4v) is 2.17. The van der Waals surface area contributed by atoms with Crippen molar-refractivity contribution < 1.29 is 8.81 Å². The summed E-state index contributed by atoms with van der Waals surface area (Å²) in [4.78, 5) is 4.38. The van der Waals surface area contributed by atoms with Crippen molar-refractivity contribution in [1.82, 2.24) is 4.98 Å². The SMILES string of the molecule is Nc1cccc(-c2nc(CNc3ccc(F)c(Cl)c3)co2)c1. The Morgan fingerprint density at radius 3 is 2.86 bits per heavy atom. The van der Waals surface area contributed by atoms with Crippen molar-refractivity contribution in [3.8, 4) is 11.5 Å². The fourth-order valence-electron chi connectivity index (χ4n) is 1.99. The van der Waals surface area contributed by atoms with Gasteiger partial charge in [0.2, 0.25) is 5.89 Å². The Morgan fingerprint density at radius 1 is 1.23 bits per heavy atom. The second kappa shape index (κ2) is 6.07. The average Bonchev–Trinajstić information content (AvgIpc) is 2.97. The van der Waals surface area contributed by atoms with E-state index in [1.54, 1.807) is 24.5 Å². The molecule has 4 nitrogen and oxygen atoms in total. The van der Waals surface area contributed by atoms with Crippen LogP contribution < -0.4 is 11.1 Å². The first-order chi connectivity index (χ1) is 10.6. The zero-order valence-electron chi connectivity index (χ0n) is 11.5. The van der Waals surface area contributed by atoms with E-state index in [1.807, 2.05) is 12.1 Å². The highest BCUT2D eigenvalue weighted by Crippen LogP contribution is 2.22. The van der Waals surface area contributed by atoms with Crippen LogP contribution in [-0.2, 0) is 6.54 Å². The standard InChI is InChI=1S/C16H13ClFN3O/c17-14-7-12(4-5-15(14)18)20-8-13-9-22-16(21-13)10-2-1-3-11(19)6-10/h1-7,9,20H,8,19H2. The highest BCUT2D eigenvalue weighted by Gasteiger charge is 2.07. The number of nitrogens with zero attached hydrogens (tertiary/aromatic N) is 1. The van der Waals surface area contributed by atoms with Crippen LogP contribution in [0.3, 0.4) is 0 Å². The number of rotatable bonds is 4. The van der Waals surface area contributed by atoms with Gasteiger partial charge in [-0.2, -0.15) is 0 Å². The Labute approximate surface area is 131 Å². The molecule has 0 fully saturated rings. The third-order valence-corrected chi connectivity index (χ3v) is 3.37. The summed E-state index contributed by atoms with van der Waals surface area (Å²) in [6.45, 7) is 0.438. The molecular weight excluding hydrogens is 305 g/mol. The first-order valence-electron chi connectivity index (χ1n) is 6.61. The van der Waals surface area contributed by atoms with Crippen molar-refractivity contribution in [3.63, 3.8) is 0 Å². The van der Waals surface area contributed by atoms with E-state index >= 15 is 0 Å². The molecule has 0 unspecified atom stereocenters. The molecule has 1 aromatic heterocycles. The topological polar surface area (TPSA) is 64.1 Å². The van der Waals surface area contributed by atoms with Crippen LogP contribution in [0.5, 0.6) is 0 Å². The largest absolute Gasteiger partial charge is 0.444 e. The normalized spacial score (nSPS) is 10.6. The first kappa shape index (κ1) is 14.4. The maximum absolute atomic E-state index is 13.1. The van der Waals surface area contributed by atoms with Gasteiger partial charge in [0.15, 0.2) is 0 Å². The molecule has 3 rings (SSSR count). The van der Waals surface area contributed by atoms with Gasteiger partial charge >= 0.3 is 0 Å². The van der Waals surface area contributed by atoms with Crippen LogP contribution in [0.25, 0.3) is 11.5 Å². The lowest BCUT2D eigenvalue weighted by Gasteiger charge is -2.04. The molecule has 0 aliphatic heterocycles. The maximum atomic E-state index is 13.1. The molecule has 0 aliphatic carbocycles. The smallest absolute Gasteiger partial charge is 0.226 e. The number of nitrogens with one attached hydrogen (secondary N) is 1. The number of oxazole rings is 1. The molecule has 112 valence electrons. The average molecular weight is 318 g/mol. The zero-order chi connectivity index (χ0) is 15.5. The Hall–Kier alpha value is -2.53. The lowest BCUT2D eigenvalue weighted by atomic mass is 10.2. The van der Waals surface area contributed by atoms with E-state index in [9.17, 15) is 4.39 Å². The molecule has 22 heavy (non-hydrogen) atoms. The summed E-state index contributed by atoms with van der Waals surface area (Å²) in [5.41, 5.74) is 8.63. The summed E-state index contributed by atoms with van der Waals surface area (Å²) < 4.78 is 18.5. The molecule has 0 aliphatic rings. The van der Waals surface area contributed by atoms with Crippen molar-refractivity contribution in [2.24, 2.45) is 0 Å². The number of anilines is 2. The molecule has 0 saturated carbocycles. The molecule has 3 aromatic rings. The van der Waals surface area contributed by atoms with Gasteiger partial charge in [-0.3, -0.25) is 0 Å². The second-order valence-electron chi connectivity index (χ2n) is 4.75. The van der Waals surface area contributed by atoms with Gasteiger partial charge in [-0.25, -0.2) is 9.37 Å². The van der Waals surface area contributed by atoms with Gasteiger partial charge in [-0.05, 0) is 36.4 Å². The monoisotopic (exact) mass is 317 g/mol. The quantitative estimate of drug-likeness (QED) is 0.703. The molecule has 0 atom stereocenters. The number of halogens is 2.